The average Bonchev–Trinajstić information content (AvgIpc) is 2.85. The molecule has 0 radical (unpaired) electrons. The number of aryl methyl sites for hydroxylation is 1. The van der Waals surface area contributed by atoms with E-state index in [1.807, 2.05) is 63.1 Å². The van der Waals surface area contributed by atoms with Gasteiger partial charge in [0.25, 0.3) is 5.91 Å². The van der Waals surface area contributed by atoms with Crippen LogP contribution in [-0.2, 0) is 0 Å². The minimum Gasteiger partial charge on any atom is -0.387 e. The molecule has 2 aromatic carbocycles. The fourth-order valence-corrected chi connectivity index (χ4v) is 4.52. The van der Waals surface area contributed by atoms with Crippen LogP contribution < -0.4 is 10.6 Å². The Morgan fingerprint density at radius 1 is 1.12 bits per heavy atom. The number of likely N-dealkylation sites (N-methyl/N-ethyl adjacent to an activating group) is 1. The van der Waals surface area contributed by atoms with Crippen LogP contribution in [0.2, 0.25) is 0 Å². The first-order chi connectivity index (χ1) is 16.3. The topological polar surface area (TPSA) is 97.2 Å². The van der Waals surface area contributed by atoms with E-state index in [0.717, 1.165) is 59.5 Å². The van der Waals surface area contributed by atoms with Gasteiger partial charge in [0.1, 0.15) is 0 Å². The van der Waals surface area contributed by atoms with Crippen molar-refractivity contribution in [1.29, 1.82) is 5.26 Å². The summed E-state index contributed by atoms with van der Waals surface area (Å²) in [5.74, 6) is 0.673. The van der Waals surface area contributed by atoms with E-state index in [4.69, 9.17) is 0 Å². The summed E-state index contributed by atoms with van der Waals surface area (Å²) in [7, 11) is 3.91. The van der Waals surface area contributed by atoms with E-state index in [0.29, 0.717) is 16.9 Å². The molecule has 0 saturated carbocycles. The van der Waals surface area contributed by atoms with Crippen LogP contribution in [0, 0.1) is 25.2 Å². The quantitative estimate of drug-likeness (QED) is 0.603. The van der Waals surface area contributed by atoms with Crippen LogP contribution in [0.15, 0.2) is 30.3 Å². The maximum atomic E-state index is 13.4. The van der Waals surface area contributed by atoms with Crippen LogP contribution >= 0.6 is 0 Å². The first kappa shape index (κ1) is 23.5. The van der Waals surface area contributed by atoms with E-state index in [-0.39, 0.29) is 11.9 Å². The van der Waals surface area contributed by atoms with Crippen molar-refractivity contribution in [3.8, 4) is 6.07 Å². The van der Waals surface area contributed by atoms with Crippen molar-refractivity contribution in [2.75, 3.05) is 50.9 Å². The molecule has 1 aromatic heterocycles. The maximum Gasteiger partial charge on any atom is 0.256 e. The van der Waals surface area contributed by atoms with Crippen molar-refractivity contribution in [1.82, 2.24) is 20.0 Å². The molecule has 4 rings (SSSR count). The third kappa shape index (κ3) is 4.39. The molecular weight excluding hydrogens is 426 g/mol. The number of anilines is 2. The highest BCUT2D eigenvalue weighted by Crippen LogP contribution is 2.32. The lowest BCUT2D eigenvalue weighted by atomic mass is 9.98. The number of nitriles is 1. The largest absolute Gasteiger partial charge is 0.387 e. The molecule has 176 valence electrons. The van der Waals surface area contributed by atoms with Crippen molar-refractivity contribution in [2.24, 2.45) is 0 Å². The van der Waals surface area contributed by atoms with Crippen LogP contribution in [0.1, 0.15) is 45.7 Å². The molecule has 0 bridgehead atoms. The average molecular weight is 458 g/mol. The minimum absolute atomic E-state index is 0.0300. The van der Waals surface area contributed by atoms with E-state index in [2.05, 4.69) is 38.8 Å². The zero-order valence-electron chi connectivity index (χ0n) is 20.4. The van der Waals surface area contributed by atoms with E-state index in [9.17, 15) is 10.1 Å². The lowest BCUT2D eigenvalue weighted by Gasteiger charge is -2.33. The Morgan fingerprint density at radius 3 is 2.53 bits per heavy atom. The summed E-state index contributed by atoms with van der Waals surface area (Å²) in [5.41, 5.74) is 4.83. The number of carbonyl (C=O) groups is 1. The number of rotatable bonds is 5. The third-order valence-corrected chi connectivity index (χ3v) is 6.71. The number of hydrogen-bond acceptors (Lipinski definition) is 7. The smallest absolute Gasteiger partial charge is 0.256 e. The lowest BCUT2D eigenvalue weighted by Crippen LogP contribution is -2.47. The first-order valence-electron chi connectivity index (χ1n) is 11.6. The van der Waals surface area contributed by atoms with Crippen molar-refractivity contribution >= 4 is 28.2 Å². The normalized spacial score (nSPS) is 15.1. The number of benzene rings is 2. The van der Waals surface area contributed by atoms with Crippen LogP contribution in [0.4, 0.5) is 11.5 Å². The van der Waals surface area contributed by atoms with Crippen molar-refractivity contribution in [2.45, 2.75) is 26.8 Å². The van der Waals surface area contributed by atoms with Crippen LogP contribution in [-0.4, -0.2) is 66.2 Å². The Bertz CT molecular complexity index is 1270. The highest BCUT2D eigenvalue weighted by atomic mass is 16.2. The van der Waals surface area contributed by atoms with E-state index in [1.54, 1.807) is 0 Å². The predicted octanol–water partition coefficient (Wildman–Crippen LogP) is 3.72. The van der Waals surface area contributed by atoms with E-state index < -0.39 is 0 Å². The monoisotopic (exact) mass is 457 g/mol. The molecule has 1 aliphatic rings. The van der Waals surface area contributed by atoms with Crippen LogP contribution in [0.5, 0.6) is 0 Å². The van der Waals surface area contributed by atoms with Gasteiger partial charge in [-0.25, -0.2) is 0 Å². The molecule has 0 aliphatic carbocycles. The molecule has 2 heterocycles. The Kier molecular flexibility index (Phi) is 6.66. The summed E-state index contributed by atoms with van der Waals surface area (Å²) in [6, 6.07) is 11.8. The Hall–Kier alpha value is -3.70. The van der Waals surface area contributed by atoms with E-state index >= 15 is 0 Å². The molecule has 1 fully saturated rings. The number of nitrogens with zero attached hydrogens (tertiary/aromatic N) is 5. The fraction of sp³-hybridized carbons (Fsp3) is 0.385. The first-order valence-corrected chi connectivity index (χ1v) is 11.6. The van der Waals surface area contributed by atoms with Gasteiger partial charge in [0, 0.05) is 49.7 Å². The third-order valence-electron chi connectivity index (χ3n) is 6.71. The number of amides is 1. The summed E-state index contributed by atoms with van der Waals surface area (Å²) < 4.78 is 0. The maximum absolute atomic E-state index is 13.4. The second-order valence-corrected chi connectivity index (χ2v) is 8.92. The second-order valence-electron chi connectivity index (χ2n) is 8.92. The van der Waals surface area contributed by atoms with Crippen molar-refractivity contribution in [3.05, 3.63) is 58.3 Å². The molecule has 8 nitrogen and oxygen atoms in total. The van der Waals surface area contributed by atoms with Gasteiger partial charge in [0.15, 0.2) is 5.82 Å². The number of aromatic nitrogens is 2. The molecule has 1 amide bonds. The summed E-state index contributed by atoms with van der Waals surface area (Å²) in [4.78, 5) is 17.5. The molecule has 1 atom stereocenters. The molecule has 0 spiro atoms. The lowest BCUT2D eigenvalue weighted by molar-refractivity contribution is 0.0665. The predicted molar refractivity (Wildman–Crippen MR) is 135 cm³/mol. The molecule has 2 N–H and O–H groups in total. The highest BCUT2D eigenvalue weighted by Gasteiger charge is 2.24. The number of nitrogens with one attached hydrogen (secondary N) is 2. The number of fused-ring (bicyclic) bond motifs is 1. The number of piperazine rings is 1. The van der Waals surface area contributed by atoms with Gasteiger partial charge in [-0.1, -0.05) is 12.1 Å². The van der Waals surface area contributed by atoms with Gasteiger partial charge in [-0.3, -0.25) is 4.79 Å². The Morgan fingerprint density at radius 2 is 1.85 bits per heavy atom. The summed E-state index contributed by atoms with van der Waals surface area (Å²) in [6.45, 7) is 9.09. The van der Waals surface area contributed by atoms with Gasteiger partial charge in [0.2, 0.25) is 0 Å². The standard InChI is InChI=1S/C26H31N7O/c1-16-19(15-27)7-6-8-20(16)17(2)29-25-22-14-24(28-4)23(13-21(22)18(3)30-31-25)26(34)33-11-9-32(5)10-12-33/h6-8,13-14,17,28H,9-12H2,1-5H3,(H,29,31)/t17-/m1/s1. The summed E-state index contributed by atoms with van der Waals surface area (Å²) in [5, 5.41) is 26.7. The van der Waals surface area contributed by atoms with Gasteiger partial charge in [-0.05, 0) is 57.1 Å². The highest BCUT2D eigenvalue weighted by molar-refractivity contribution is 6.06. The molecule has 3 aromatic rings. The van der Waals surface area contributed by atoms with Gasteiger partial charge in [-0.15, -0.1) is 5.10 Å². The summed E-state index contributed by atoms with van der Waals surface area (Å²) >= 11 is 0. The van der Waals surface area contributed by atoms with Gasteiger partial charge in [-0.2, -0.15) is 10.4 Å². The van der Waals surface area contributed by atoms with Gasteiger partial charge < -0.3 is 20.4 Å². The van der Waals surface area contributed by atoms with Gasteiger partial charge >= 0.3 is 0 Å². The Labute approximate surface area is 200 Å². The van der Waals surface area contributed by atoms with Crippen molar-refractivity contribution < 1.29 is 4.79 Å². The van der Waals surface area contributed by atoms with Crippen molar-refractivity contribution in [3.63, 3.8) is 0 Å². The SMILES string of the molecule is CNc1cc2c(N[C@H](C)c3cccc(C#N)c3C)nnc(C)c2cc1C(=O)N1CCN(C)CC1. The van der Waals surface area contributed by atoms with E-state index in [1.165, 1.54) is 0 Å². The minimum atomic E-state index is -0.0850. The summed E-state index contributed by atoms with van der Waals surface area (Å²) in [6.07, 6.45) is 0. The second kappa shape index (κ2) is 9.65. The zero-order valence-corrected chi connectivity index (χ0v) is 20.4. The molecule has 8 heteroatoms. The molecule has 1 saturated heterocycles. The van der Waals surface area contributed by atoms with Gasteiger partial charge in [0.05, 0.1) is 28.9 Å². The fourth-order valence-electron chi connectivity index (χ4n) is 4.52. The molecule has 34 heavy (non-hydrogen) atoms. The molecule has 1 aliphatic heterocycles. The number of carbonyl (C=O) groups excluding carboxylic acids is 1. The Balaban J connectivity index is 1.72. The molecule has 0 unspecified atom stereocenters. The zero-order chi connectivity index (χ0) is 24.4. The van der Waals surface area contributed by atoms with Crippen LogP contribution in [0.3, 0.4) is 0 Å². The number of hydrogen-bond donors (Lipinski definition) is 2. The van der Waals surface area contributed by atoms with Crippen LogP contribution in [0.25, 0.3) is 10.8 Å². The molecular formula is C26H31N7O.